The molecule has 0 saturated carbocycles. The number of carboxylic acids is 1. The minimum atomic E-state index is -1.36. The van der Waals surface area contributed by atoms with E-state index in [1.165, 1.54) is 6.20 Å². The molecule has 1 heterocycles. The van der Waals surface area contributed by atoms with Crippen molar-refractivity contribution in [2.24, 2.45) is 5.73 Å². The molecular formula is C10H15N5O4. The van der Waals surface area contributed by atoms with Gasteiger partial charge in [-0.1, -0.05) is 0 Å². The van der Waals surface area contributed by atoms with Gasteiger partial charge in [-0.25, -0.2) is 9.59 Å². The lowest BCUT2D eigenvalue weighted by molar-refractivity contribution is -0.140. The topological polar surface area (TPSA) is 139 Å². The second-order valence-corrected chi connectivity index (χ2v) is 3.74. The molecule has 0 aliphatic rings. The molecular weight excluding hydrogens is 254 g/mol. The highest BCUT2D eigenvalue weighted by molar-refractivity contribution is 5.93. The molecule has 0 radical (unpaired) electrons. The van der Waals surface area contributed by atoms with Crippen molar-refractivity contribution >= 4 is 23.6 Å². The van der Waals surface area contributed by atoms with Crippen LogP contribution in [0, 0.1) is 0 Å². The van der Waals surface area contributed by atoms with Gasteiger partial charge in [0.1, 0.15) is 6.04 Å². The van der Waals surface area contributed by atoms with Gasteiger partial charge in [0, 0.05) is 12.7 Å². The molecule has 1 rings (SSSR count). The van der Waals surface area contributed by atoms with Crippen LogP contribution in [0.2, 0.25) is 0 Å². The lowest BCUT2D eigenvalue weighted by Gasteiger charge is -2.12. The summed E-state index contributed by atoms with van der Waals surface area (Å²) in [6, 6.07) is -2.11. The summed E-state index contributed by atoms with van der Waals surface area (Å²) >= 11 is 0. The fraction of sp³-hybridized carbons (Fsp3) is 0.400. The van der Waals surface area contributed by atoms with Crippen LogP contribution in [-0.2, 0) is 16.1 Å². The molecule has 0 unspecified atom stereocenters. The zero-order valence-corrected chi connectivity index (χ0v) is 10.3. The quantitative estimate of drug-likeness (QED) is 0.543. The number of carbonyl (C=O) groups excluding carboxylic acids is 2. The number of anilines is 1. The van der Waals surface area contributed by atoms with Crippen molar-refractivity contribution in [2.45, 2.75) is 25.9 Å². The van der Waals surface area contributed by atoms with Crippen molar-refractivity contribution in [1.82, 2.24) is 15.1 Å². The van der Waals surface area contributed by atoms with Gasteiger partial charge in [-0.2, -0.15) is 5.10 Å². The van der Waals surface area contributed by atoms with Crippen molar-refractivity contribution in [3.05, 3.63) is 12.4 Å². The molecule has 9 nitrogen and oxygen atoms in total. The van der Waals surface area contributed by atoms with E-state index in [0.29, 0.717) is 12.2 Å². The van der Waals surface area contributed by atoms with Crippen LogP contribution in [0.4, 0.5) is 10.5 Å². The first-order chi connectivity index (χ1) is 8.92. The monoisotopic (exact) mass is 269 g/mol. The third-order valence-corrected chi connectivity index (χ3v) is 2.22. The molecule has 1 atom stereocenters. The Hall–Kier alpha value is -2.58. The summed E-state index contributed by atoms with van der Waals surface area (Å²) in [6.07, 6.45) is 2.54. The Kier molecular flexibility index (Phi) is 4.86. The maximum absolute atomic E-state index is 11.5. The summed E-state index contributed by atoms with van der Waals surface area (Å²) in [4.78, 5) is 33.0. The van der Waals surface area contributed by atoms with E-state index in [1.807, 2.05) is 6.92 Å². The van der Waals surface area contributed by atoms with E-state index in [9.17, 15) is 14.4 Å². The molecule has 0 aliphatic carbocycles. The summed E-state index contributed by atoms with van der Waals surface area (Å²) in [5.41, 5.74) is 5.31. The van der Waals surface area contributed by atoms with Gasteiger partial charge in [0.25, 0.3) is 0 Å². The molecule has 0 bridgehead atoms. The smallest absolute Gasteiger partial charge is 0.326 e. The van der Waals surface area contributed by atoms with Crippen LogP contribution in [0.3, 0.4) is 0 Å². The summed E-state index contributed by atoms with van der Waals surface area (Å²) < 4.78 is 1.59. The average molecular weight is 269 g/mol. The maximum Gasteiger partial charge on any atom is 0.326 e. The van der Waals surface area contributed by atoms with Gasteiger partial charge in [0.2, 0.25) is 5.91 Å². The van der Waals surface area contributed by atoms with Crippen molar-refractivity contribution in [3.8, 4) is 0 Å². The highest BCUT2D eigenvalue weighted by Gasteiger charge is 2.22. The molecule has 3 amide bonds. The molecule has 0 spiro atoms. The van der Waals surface area contributed by atoms with E-state index in [0.717, 1.165) is 0 Å². The predicted molar refractivity (Wildman–Crippen MR) is 65.3 cm³/mol. The first-order valence-electron chi connectivity index (χ1n) is 5.53. The third kappa shape index (κ3) is 4.66. The van der Waals surface area contributed by atoms with E-state index in [2.05, 4.69) is 15.7 Å². The van der Waals surface area contributed by atoms with Crippen molar-refractivity contribution < 1.29 is 19.5 Å². The molecule has 5 N–H and O–H groups in total. The van der Waals surface area contributed by atoms with E-state index < -0.39 is 30.4 Å². The first-order valence-corrected chi connectivity index (χ1v) is 5.53. The summed E-state index contributed by atoms with van der Waals surface area (Å²) in [5.74, 6) is -2.15. The number of aryl methyl sites for hydroxylation is 1. The van der Waals surface area contributed by atoms with Crippen molar-refractivity contribution in [2.75, 3.05) is 5.32 Å². The molecule has 0 aromatic carbocycles. The Balaban J connectivity index is 2.57. The van der Waals surface area contributed by atoms with E-state index in [4.69, 9.17) is 10.8 Å². The number of nitrogens with one attached hydrogen (secondary N) is 2. The zero-order chi connectivity index (χ0) is 14.4. The lowest BCUT2D eigenvalue weighted by Crippen LogP contribution is -2.45. The number of aromatic nitrogens is 2. The van der Waals surface area contributed by atoms with E-state index in [1.54, 1.807) is 10.9 Å². The average Bonchev–Trinajstić information content (AvgIpc) is 2.75. The largest absolute Gasteiger partial charge is 0.480 e. The molecule has 1 aromatic heterocycles. The second kappa shape index (κ2) is 6.38. The number of carboxylic acid groups (broad SMARTS) is 1. The minimum Gasteiger partial charge on any atom is -0.480 e. The molecule has 19 heavy (non-hydrogen) atoms. The number of nitrogens with two attached hydrogens (primary N) is 1. The Labute approximate surface area is 108 Å². The van der Waals surface area contributed by atoms with E-state index >= 15 is 0 Å². The SMILES string of the molecule is CCn1cc(NC(=O)N[C@@H](CC(N)=O)C(=O)O)cn1. The Bertz CT molecular complexity index is 484. The summed E-state index contributed by atoms with van der Waals surface area (Å²) in [6.45, 7) is 2.52. The van der Waals surface area contributed by atoms with Gasteiger partial charge in [-0.15, -0.1) is 0 Å². The number of rotatable bonds is 6. The van der Waals surface area contributed by atoms with E-state index in [-0.39, 0.29) is 0 Å². The van der Waals surface area contributed by atoms with Gasteiger partial charge in [0.15, 0.2) is 0 Å². The number of primary amides is 1. The molecule has 0 saturated heterocycles. The molecule has 9 heteroatoms. The number of nitrogens with zero attached hydrogens (tertiary/aromatic N) is 2. The maximum atomic E-state index is 11.5. The minimum absolute atomic E-state index is 0.419. The summed E-state index contributed by atoms with van der Waals surface area (Å²) in [7, 11) is 0. The first kappa shape index (κ1) is 14.5. The lowest BCUT2D eigenvalue weighted by atomic mass is 10.2. The predicted octanol–water partition coefficient (Wildman–Crippen LogP) is -0.647. The van der Waals surface area contributed by atoms with Crippen LogP contribution < -0.4 is 16.4 Å². The highest BCUT2D eigenvalue weighted by Crippen LogP contribution is 2.04. The number of carbonyl (C=O) groups is 3. The Morgan fingerprint density at radius 2 is 2.21 bits per heavy atom. The third-order valence-electron chi connectivity index (χ3n) is 2.22. The van der Waals surface area contributed by atoms with Gasteiger partial charge in [-0.05, 0) is 6.92 Å². The summed E-state index contributed by atoms with van der Waals surface area (Å²) in [5, 5.41) is 17.3. The van der Waals surface area contributed by atoms with Gasteiger partial charge in [0.05, 0.1) is 18.3 Å². The Morgan fingerprint density at radius 1 is 1.53 bits per heavy atom. The van der Waals surface area contributed by atoms with Crippen LogP contribution in [0.5, 0.6) is 0 Å². The van der Waals surface area contributed by atoms with Crippen LogP contribution in [-0.4, -0.2) is 38.8 Å². The number of hydrogen-bond donors (Lipinski definition) is 4. The highest BCUT2D eigenvalue weighted by atomic mass is 16.4. The fourth-order valence-corrected chi connectivity index (χ4v) is 1.33. The van der Waals surface area contributed by atoms with Crippen LogP contribution in [0.15, 0.2) is 12.4 Å². The van der Waals surface area contributed by atoms with Crippen molar-refractivity contribution in [3.63, 3.8) is 0 Å². The number of urea groups is 1. The van der Waals surface area contributed by atoms with Crippen molar-refractivity contribution in [1.29, 1.82) is 0 Å². The number of hydrogen-bond acceptors (Lipinski definition) is 4. The van der Waals surface area contributed by atoms with Gasteiger partial charge >= 0.3 is 12.0 Å². The Morgan fingerprint density at radius 3 is 2.68 bits per heavy atom. The normalized spacial score (nSPS) is 11.6. The van der Waals surface area contributed by atoms with Gasteiger partial charge in [-0.3, -0.25) is 9.48 Å². The standard InChI is InChI=1S/C10H15N5O4/c1-2-15-5-6(4-12-15)13-10(19)14-7(9(17)18)3-8(11)16/h4-5,7H,2-3H2,1H3,(H2,11,16)(H,17,18)(H2,13,14,19)/t7-/m0/s1. The molecule has 1 aromatic rings. The molecule has 104 valence electrons. The van der Waals surface area contributed by atoms with Crippen LogP contribution >= 0.6 is 0 Å². The van der Waals surface area contributed by atoms with Crippen LogP contribution in [0.25, 0.3) is 0 Å². The molecule has 0 fully saturated rings. The van der Waals surface area contributed by atoms with Crippen LogP contribution in [0.1, 0.15) is 13.3 Å². The number of aliphatic carboxylic acids is 1. The van der Waals surface area contributed by atoms with Gasteiger partial charge < -0.3 is 21.5 Å². The molecule has 0 aliphatic heterocycles. The zero-order valence-electron chi connectivity index (χ0n) is 10.3. The fourth-order valence-electron chi connectivity index (χ4n) is 1.33. The number of amides is 3. The second-order valence-electron chi connectivity index (χ2n) is 3.74.